The van der Waals surface area contributed by atoms with Crippen molar-refractivity contribution in [2.45, 2.75) is 56.1 Å². The van der Waals surface area contributed by atoms with Crippen LogP contribution in [-0.2, 0) is 4.74 Å². The fourth-order valence-electron chi connectivity index (χ4n) is 3.25. The van der Waals surface area contributed by atoms with Gasteiger partial charge in [0, 0.05) is 18.2 Å². The van der Waals surface area contributed by atoms with Crippen molar-refractivity contribution in [1.82, 2.24) is 15.3 Å². The number of carbonyl (C=O) groups is 1. The van der Waals surface area contributed by atoms with Crippen LogP contribution in [-0.4, -0.2) is 34.0 Å². The van der Waals surface area contributed by atoms with E-state index in [0.717, 1.165) is 17.1 Å². The second-order valence-electron chi connectivity index (χ2n) is 7.88. The van der Waals surface area contributed by atoms with Gasteiger partial charge in [-0.25, -0.2) is 14.8 Å². The van der Waals surface area contributed by atoms with E-state index in [1.807, 2.05) is 32.9 Å². The summed E-state index contributed by atoms with van der Waals surface area (Å²) in [5.41, 5.74) is 1.86. The van der Waals surface area contributed by atoms with E-state index >= 15 is 0 Å². The molecule has 28 heavy (non-hydrogen) atoms. The number of carbonyl (C=O) groups excluding carboxylic acids is 1. The summed E-state index contributed by atoms with van der Waals surface area (Å²) in [5.74, 6) is 1.54. The number of thioether (sulfide) groups is 1. The fourth-order valence-corrected chi connectivity index (χ4v) is 4.26. The van der Waals surface area contributed by atoms with Crippen molar-refractivity contribution in [3.05, 3.63) is 52.9 Å². The van der Waals surface area contributed by atoms with Gasteiger partial charge in [-0.1, -0.05) is 30.3 Å². The summed E-state index contributed by atoms with van der Waals surface area (Å²) >= 11 is 7.73. The van der Waals surface area contributed by atoms with Gasteiger partial charge in [-0.05, 0) is 62.8 Å². The van der Waals surface area contributed by atoms with Gasteiger partial charge in [0.05, 0.1) is 5.69 Å². The Bertz CT molecular complexity index is 811. The Morgan fingerprint density at radius 1 is 1.21 bits per heavy atom. The molecule has 1 heterocycles. The maximum atomic E-state index is 11.7. The molecule has 1 aliphatic rings. The summed E-state index contributed by atoms with van der Waals surface area (Å²) in [5, 5.41) is 3.86. The number of amides is 1. The molecule has 1 amide bonds. The average Bonchev–Trinajstić information content (AvgIpc) is 2.57. The van der Waals surface area contributed by atoms with Crippen molar-refractivity contribution in [3.63, 3.8) is 0 Å². The molecule has 1 aromatic carbocycles. The predicted octanol–water partition coefficient (Wildman–Crippen LogP) is 5.41. The Labute approximate surface area is 175 Å². The number of aromatic nitrogens is 2. The van der Waals surface area contributed by atoms with Crippen molar-refractivity contribution in [1.29, 1.82) is 0 Å². The van der Waals surface area contributed by atoms with Crippen LogP contribution in [0.25, 0.3) is 0 Å². The van der Waals surface area contributed by atoms with Gasteiger partial charge in [0.1, 0.15) is 10.6 Å². The van der Waals surface area contributed by atoms with Crippen LogP contribution in [0.15, 0.2) is 41.4 Å². The van der Waals surface area contributed by atoms with Crippen LogP contribution in [0, 0.1) is 0 Å². The zero-order valence-electron chi connectivity index (χ0n) is 16.4. The highest BCUT2D eigenvalue weighted by Crippen LogP contribution is 2.48. The second-order valence-corrected chi connectivity index (χ2v) is 9.33. The number of alkyl carbamates (subject to hydrolysis) is 1. The molecule has 0 radical (unpaired) electrons. The maximum absolute atomic E-state index is 11.7. The number of benzene rings is 1. The van der Waals surface area contributed by atoms with E-state index < -0.39 is 11.7 Å². The largest absolute Gasteiger partial charge is 0.444 e. The molecule has 1 aromatic heterocycles. The summed E-state index contributed by atoms with van der Waals surface area (Å²) in [6.07, 6.45) is 1.87. The SMILES string of the molecule is CC(C)(C)OC(=O)NCCSc1cc(C2CCC2c2ccccc2)nc(Cl)n1. The molecule has 0 saturated heterocycles. The molecule has 150 valence electrons. The quantitative estimate of drug-likeness (QED) is 0.293. The van der Waals surface area contributed by atoms with E-state index in [-0.39, 0.29) is 5.28 Å². The van der Waals surface area contributed by atoms with Gasteiger partial charge in [-0.3, -0.25) is 0 Å². The second kappa shape index (κ2) is 9.14. The van der Waals surface area contributed by atoms with E-state index in [0.29, 0.717) is 24.1 Å². The highest BCUT2D eigenvalue weighted by atomic mass is 35.5. The normalized spacial score (nSPS) is 19.0. The number of hydrogen-bond acceptors (Lipinski definition) is 5. The molecule has 2 aromatic rings. The maximum Gasteiger partial charge on any atom is 0.407 e. The van der Waals surface area contributed by atoms with Crippen molar-refractivity contribution in [2.75, 3.05) is 12.3 Å². The first-order valence-corrected chi connectivity index (χ1v) is 10.9. The van der Waals surface area contributed by atoms with Crippen LogP contribution >= 0.6 is 23.4 Å². The van der Waals surface area contributed by atoms with E-state index in [9.17, 15) is 4.79 Å². The number of halogens is 1. The van der Waals surface area contributed by atoms with E-state index in [2.05, 4.69) is 39.6 Å². The van der Waals surface area contributed by atoms with Crippen LogP contribution in [0.3, 0.4) is 0 Å². The van der Waals surface area contributed by atoms with Crippen molar-refractivity contribution < 1.29 is 9.53 Å². The zero-order valence-corrected chi connectivity index (χ0v) is 18.0. The van der Waals surface area contributed by atoms with Crippen molar-refractivity contribution >= 4 is 29.5 Å². The number of nitrogens with one attached hydrogen (secondary N) is 1. The smallest absolute Gasteiger partial charge is 0.407 e. The third-order valence-electron chi connectivity index (χ3n) is 4.60. The Morgan fingerprint density at radius 2 is 1.93 bits per heavy atom. The predicted molar refractivity (Wildman–Crippen MR) is 113 cm³/mol. The lowest BCUT2D eigenvalue weighted by atomic mass is 9.68. The summed E-state index contributed by atoms with van der Waals surface area (Å²) < 4.78 is 5.23. The molecule has 0 spiro atoms. The molecule has 0 bridgehead atoms. The molecule has 7 heteroatoms. The molecule has 1 aliphatic carbocycles. The topological polar surface area (TPSA) is 64.1 Å². The monoisotopic (exact) mass is 419 g/mol. The Balaban J connectivity index is 1.56. The van der Waals surface area contributed by atoms with Gasteiger partial charge < -0.3 is 10.1 Å². The van der Waals surface area contributed by atoms with Gasteiger partial charge in [0.2, 0.25) is 5.28 Å². The van der Waals surface area contributed by atoms with Crippen LogP contribution in [0.4, 0.5) is 4.79 Å². The van der Waals surface area contributed by atoms with Crippen LogP contribution in [0.2, 0.25) is 5.28 Å². The number of nitrogens with zero attached hydrogens (tertiary/aromatic N) is 2. The van der Waals surface area contributed by atoms with E-state index in [1.165, 1.54) is 12.0 Å². The number of rotatable bonds is 6. The van der Waals surface area contributed by atoms with Crippen LogP contribution in [0.5, 0.6) is 0 Å². The zero-order chi connectivity index (χ0) is 20.1. The lowest BCUT2D eigenvalue weighted by Crippen LogP contribution is -2.33. The van der Waals surface area contributed by atoms with Gasteiger partial charge in [0.25, 0.3) is 0 Å². The molecule has 1 fully saturated rings. The van der Waals surface area contributed by atoms with E-state index in [1.54, 1.807) is 11.8 Å². The molecule has 2 atom stereocenters. The highest BCUT2D eigenvalue weighted by molar-refractivity contribution is 7.99. The molecule has 1 N–H and O–H groups in total. The first-order chi connectivity index (χ1) is 13.3. The van der Waals surface area contributed by atoms with Gasteiger partial charge in [0.15, 0.2) is 0 Å². The summed E-state index contributed by atoms with van der Waals surface area (Å²) in [4.78, 5) is 20.5. The molecule has 0 aliphatic heterocycles. The third-order valence-corrected chi connectivity index (χ3v) is 5.68. The minimum Gasteiger partial charge on any atom is -0.444 e. The third kappa shape index (κ3) is 5.85. The van der Waals surface area contributed by atoms with Crippen molar-refractivity contribution in [2.24, 2.45) is 0 Å². The standard InChI is InChI=1S/C21H26ClN3O2S/c1-21(2,3)27-20(26)23-11-12-28-18-13-17(24-19(22)25-18)16-10-9-15(16)14-7-5-4-6-8-14/h4-8,13,15-16H,9-12H2,1-3H3,(H,23,26). The minimum absolute atomic E-state index is 0.277. The molecule has 3 rings (SSSR count). The Morgan fingerprint density at radius 3 is 2.57 bits per heavy atom. The Hall–Kier alpha value is -1.79. The fraction of sp³-hybridized carbons (Fsp3) is 0.476. The first-order valence-electron chi connectivity index (χ1n) is 9.51. The molecule has 1 saturated carbocycles. The summed E-state index contributed by atoms with van der Waals surface area (Å²) in [6.45, 7) is 6.02. The van der Waals surface area contributed by atoms with Gasteiger partial charge >= 0.3 is 6.09 Å². The lowest BCUT2D eigenvalue weighted by Gasteiger charge is -2.36. The van der Waals surface area contributed by atoms with Gasteiger partial charge in [-0.15, -0.1) is 11.8 Å². The van der Waals surface area contributed by atoms with Crippen LogP contribution < -0.4 is 5.32 Å². The first kappa shape index (κ1) is 20.9. The van der Waals surface area contributed by atoms with Crippen LogP contribution in [0.1, 0.15) is 56.7 Å². The van der Waals surface area contributed by atoms with E-state index in [4.69, 9.17) is 16.3 Å². The number of ether oxygens (including phenoxy) is 1. The minimum atomic E-state index is -0.496. The average molecular weight is 420 g/mol. The number of hydrogen-bond donors (Lipinski definition) is 1. The summed E-state index contributed by atoms with van der Waals surface area (Å²) in [7, 11) is 0. The van der Waals surface area contributed by atoms with Crippen molar-refractivity contribution in [3.8, 4) is 0 Å². The van der Waals surface area contributed by atoms with Gasteiger partial charge in [-0.2, -0.15) is 0 Å². The molecular weight excluding hydrogens is 394 g/mol. The Kier molecular flexibility index (Phi) is 6.83. The highest BCUT2D eigenvalue weighted by Gasteiger charge is 2.34. The molecule has 5 nitrogen and oxygen atoms in total. The molecule has 2 unspecified atom stereocenters. The lowest BCUT2D eigenvalue weighted by molar-refractivity contribution is 0.0531. The molecular formula is C21H26ClN3O2S. The summed E-state index contributed by atoms with van der Waals surface area (Å²) in [6, 6.07) is 12.6.